The van der Waals surface area contributed by atoms with Crippen molar-refractivity contribution in [3.63, 3.8) is 0 Å². The Hall–Kier alpha value is -3.68. The normalized spacial score (nSPS) is 10.1. The van der Waals surface area contributed by atoms with Crippen LogP contribution in [0, 0.1) is 0 Å². The highest BCUT2D eigenvalue weighted by atomic mass is 16.6. The van der Waals surface area contributed by atoms with E-state index in [9.17, 15) is 19.2 Å². The second-order valence-electron chi connectivity index (χ2n) is 6.37. The smallest absolute Gasteiger partial charge is 0.344 e. The number of anilines is 1. The molecule has 0 radical (unpaired) electrons. The van der Waals surface area contributed by atoms with Crippen molar-refractivity contribution in [1.29, 1.82) is 0 Å². The van der Waals surface area contributed by atoms with Gasteiger partial charge in [0.15, 0.2) is 19.0 Å². The van der Waals surface area contributed by atoms with Crippen molar-refractivity contribution in [2.45, 2.75) is 20.3 Å². The van der Waals surface area contributed by atoms with Gasteiger partial charge in [-0.15, -0.1) is 0 Å². The van der Waals surface area contributed by atoms with Crippen molar-refractivity contribution < 1.29 is 28.7 Å². The van der Waals surface area contributed by atoms with Crippen molar-refractivity contribution in [1.82, 2.24) is 5.32 Å². The maximum absolute atomic E-state index is 12.0. The lowest BCUT2D eigenvalue weighted by Crippen LogP contribution is -2.36. The molecule has 0 aliphatic rings. The lowest BCUT2D eigenvalue weighted by Gasteiger charge is -2.11. The number of amides is 2. The molecule has 2 aromatic carbocycles. The van der Waals surface area contributed by atoms with Crippen molar-refractivity contribution in [3.05, 3.63) is 59.7 Å². The zero-order valence-corrected chi connectivity index (χ0v) is 16.9. The lowest BCUT2D eigenvalue weighted by atomic mass is 10.1. The highest BCUT2D eigenvalue weighted by Crippen LogP contribution is 2.15. The van der Waals surface area contributed by atoms with E-state index in [2.05, 4.69) is 10.6 Å². The monoisotopic (exact) mass is 412 g/mol. The summed E-state index contributed by atoms with van der Waals surface area (Å²) in [4.78, 5) is 46.8. The predicted octanol–water partition coefficient (Wildman–Crippen LogP) is 2.13. The number of hydrogen-bond donors (Lipinski definition) is 2. The van der Waals surface area contributed by atoms with E-state index in [1.165, 1.54) is 13.0 Å². The summed E-state index contributed by atoms with van der Waals surface area (Å²) in [5.41, 5.74) is 2.14. The number of Topliss-reactive ketones (excluding diaryl/α,β-unsaturated/α-hetero) is 1. The van der Waals surface area contributed by atoms with Gasteiger partial charge in [0.25, 0.3) is 5.91 Å². The maximum atomic E-state index is 12.0. The van der Waals surface area contributed by atoms with Crippen LogP contribution < -0.4 is 15.4 Å². The van der Waals surface area contributed by atoms with Crippen LogP contribution in [0.5, 0.6) is 5.75 Å². The van der Waals surface area contributed by atoms with E-state index in [-0.39, 0.29) is 18.2 Å². The van der Waals surface area contributed by atoms with Crippen molar-refractivity contribution in [3.8, 4) is 5.75 Å². The Kier molecular flexibility index (Phi) is 8.56. The Bertz CT molecular complexity index is 925. The van der Waals surface area contributed by atoms with Gasteiger partial charge in [-0.3, -0.25) is 14.4 Å². The Labute approximate surface area is 174 Å². The molecule has 30 heavy (non-hydrogen) atoms. The topological polar surface area (TPSA) is 111 Å². The van der Waals surface area contributed by atoms with E-state index in [0.29, 0.717) is 17.0 Å². The fourth-order valence-electron chi connectivity index (χ4n) is 2.51. The minimum atomic E-state index is -0.750. The Morgan fingerprint density at radius 3 is 2.43 bits per heavy atom. The molecule has 0 bridgehead atoms. The average molecular weight is 412 g/mol. The molecule has 8 nitrogen and oxygen atoms in total. The summed E-state index contributed by atoms with van der Waals surface area (Å²) in [6, 6.07) is 13.8. The number of hydrogen-bond acceptors (Lipinski definition) is 6. The molecule has 2 N–H and O–H groups in total. The Morgan fingerprint density at radius 2 is 1.70 bits per heavy atom. The fourth-order valence-corrected chi connectivity index (χ4v) is 2.51. The van der Waals surface area contributed by atoms with E-state index in [4.69, 9.17) is 9.47 Å². The third-order valence-corrected chi connectivity index (χ3v) is 4.08. The molecule has 2 amide bonds. The molecule has 0 spiro atoms. The van der Waals surface area contributed by atoms with Crippen LogP contribution in [0.1, 0.15) is 29.8 Å². The number of carbonyl (C=O) groups is 4. The van der Waals surface area contributed by atoms with E-state index >= 15 is 0 Å². The zero-order valence-electron chi connectivity index (χ0n) is 16.9. The SMILES string of the molecule is CCc1ccccc1NC(=O)CNC(=O)COC(=O)COc1cccc(C(C)=O)c1. The molecule has 8 heteroatoms. The first-order valence-corrected chi connectivity index (χ1v) is 9.43. The number of carbonyl (C=O) groups excluding carboxylic acids is 4. The molecular weight excluding hydrogens is 388 g/mol. The summed E-state index contributed by atoms with van der Waals surface area (Å²) >= 11 is 0. The molecule has 0 saturated heterocycles. The van der Waals surface area contributed by atoms with Gasteiger partial charge >= 0.3 is 5.97 Å². The molecule has 0 unspecified atom stereocenters. The molecule has 0 aliphatic heterocycles. The summed E-state index contributed by atoms with van der Waals surface area (Å²) in [5, 5.41) is 5.11. The standard InChI is InChI=1S/C22H24N2O6/c1-3-16-7-4-5-10-19(16)24-20(26)12-23-21(27)13-30-22(28)14-29-18-9-6-8-17(11-18)15(2)25/h4-11H,3,12-14H2,1-2H3,(H,23,27)(H,24,26). The van der Waals surface area contributed by atoms with Gasteiger partial charge in [-0.2, -0.15) is 0 Å². The number of ether oxygens (including phenoxy) is 2. The van der Waals surface area contributed by atoms with Crippen LogP contribution in [0.3, 0.4) is 0 Å². The Morgan fingerprint density at radius 1 is 0.933 bits per heavy atom. The van der Waals surface area contributed by atoms with Crippen LogP contribution >= 0.6 is 0 Å². The molecule has 0 atom stereocenters. The van der Waals surface area contributed by atoms with E-state index in [1.807, 2.05) is 25.1 Å². The summed E-state index contributed by atoms with van der Waals surface area (Å²) in [6.07, 6.45) is 0.764. The van der Waals surface area contributed by atoms with Gasteiger partial charge in [-0.05, 0) is 37.1 Å². The van der Waals surface area contributed by atoms with E-state index in [1.54, 1.807) is 24.3 Å². The second-order valence-corrected chi connectivity index (χ2v) is 6.37. The molecule has 0 aromatic heterocycles. The largest absolute Gasteiger partial charge is 0.482 e. The number of benzene rings is 2. The number of rotatable bonds is 10. The summed E-state index contributed by atoms with van der Waals surface area (Å²) in [5.74, 6) is -1.53. The minimum absolute atomic E-state index is 0.123. The fraction of sp³-hybridized carbons (Fsp3) is 0.273. The van der Waals surface area contributed by atoms with Crippen LogP contribution in [0.2, 0.25) is 0 Å². The van der Waals surface area contributed by atoms with Gasteiger partial charge in [0.05, 0.1) is 6.54 Å². The number of ketones is 1. The number of aryl methyl sites for hydroxylation is 1. The van der Waals surface area contributed by atoms with Crippen LogP contribution in [-0.2, 0) is 25.5 Å². The summed E-state index contributed by atoms with van der Waals surface area (Å²) in [7, 11) is 0. The predicted molar refractivity (Wildman–Crippen MR) is 110 cm³/mol. The molecule has 0 fully saturated rings. The van der Waals surface area contributed by atoms with Crippen molar-refractivity contribution >= 4 is 29.3 Å². The van der Waals surface area contributed by atoms with Gasteiger partial charge in [0.1, 0.15) is 5.75 Å². The van der Waals surface area contributed by atoms with E-state index < -0.39 is 25.1 Å². The van der Waals surface area contributed by atoms with Gasteiger partial charge in [-0.25, -0.2) is 4.79 Å². The minimum Gasteiger partial charge on any atom is -0.482 e. The second kappa shape index (κ2) is 11.4. The molecular formula is C22H24N2O6. The molecule has 158 valence electrons. The Balaban J connectivity index is 1.68. The number of esters is 1. The van der Waals surface area contributed by atoms with E-state index in [0.717, 1.165) is 12.0 Å². The number of nitrogens with one attached hydrogen (secondary N) is 2. The summed E-state index contributed by atoms with van der Waals surface area (Å²) in [6.45, 7) is 2.21. The average Bonchev–Trinajstić information content (AvgIpc) is 2.75. The van der Waals surface area contributed by atoms with Crippen LogP contribution in [0.15, 0.2) is 48.5 Å². The highest BCUT2D eigenvalue weighted by molar-refractivity contribution is 5.95. The third kappa shape index (κ3) is 7.38. The molecule has 0 aliphatic carbocycles. The third-order valence-electron chi connectivity index (χ3n) is 4.08. The quantitative estimate of drug-likeness (QED) is 0.457. The molecule has 0 saturated carbocycles. The lowest BCUT2D eigenvalue weighted by molar-refractivity contribution is -0.150. The highest BCUT2D eigenvalue weighted by Gasteiger charge is 2.11. The maximum Gasteiger partial charge on any atom is 0.344 e. The first-order chi connectivity index (χ1) is 14.4. The molecule has 2 aromatic rings. The zero-order chi connectivity index (χ0) is 21.9. The number of para-hydroxylation sites is 1. The summed E-state index contributed by atoms with van der Waals surface area (Å²) < 4.78 is 10.1. The van der Waals surface area contributed by atoms with Crippen molar-refractivity contribution in [2.24, 2.45) is 0 Å². The van der Waals surface area contributed by atoms with Crippen LogP contribution in [-0.4, -0.2) is 43.3 Å². The van der Waals surface area contributed by atoms with Gasteiger partial charge in [0, 0.05) is 11.3 Å². The van der Waals surface area contributed by atoms with Crippen LogP contribution in [0.4, 0.5) is 5.69 Å². The van der Waals surface area contributed by atoms with Gasteiger partial charge in [0.2, 0.25) is 5.91 Å². The van der Waals surface area contributed by atoms with Gasteiger partial charge < -0.3 is 20.1 Å². The van der Waals surface area contributed by atoms with Crippen molar-refractivity contribution in [2.75, 3.05) is 25.1 Å². The first kappa shape index (κ1) is 22.6. The first-order valence-electron chi connectivity index (χ1n) is 9.43. The molecule has 2 rings (SSSR count). The van der Waals surface area contributed by atoms with Crippen LogP contribution in [0.25, 0.3) is 0 Å². The molecule has 0 heterocycles. The van der Waals surface area contributed by atoms with Gasteiger partial charge in [-0.1, -0.05) is 37.3 Å².